The number of carbonyl (C=O) groups is 1. The highest BCUT2D eigenvalue weighted by molar-refractivity contribution is 6.01. The van der Waals surface area contributed by atoms with Crippen molar-refractivity contribution in [3.63, 3.8) is 0 Å². The zero-order chi connectivity index (χ0) is 15.3. The standard InChI is InChI=1S/C18H16F2O/c1-14(15-8-4-2-5-9-15)12-13-18(19,20)17(21)16-10-6-3-7-11-16/h2-12H,13H2,1H3. The number of halogens is 2. The topological polar surface area (TPSA) is 17.1 Å². The maximum atomic E-state index is 14.0. The molecule has 0 bridgehead atoms. The van der Waals surface area contributed by atoms with E-state index >= 15 is 0 Å². The number of rotatable bonds is 5. The Bertz CT molecular complexity index is 631. The molecule has 0 radical (unpaired) electrons. The van der Waals surface area contributed by atoms with E-state index in [2.05, 4.69) is 0 Å². The number of Topliss-reactive ketones (excluding diaryl/α,β-unsaturated/α-hetero) is 1. The molecule has 0 fully saturated rings. The van der Waals surface area contributed by atoms with Crippen molar-refractivity contribution in [2.45, 2.75) is 19.3 Å². The molecule has 0 aliphatic rings. The van der Waals surface area contributed by atoms with Crippen LogP contribution in [0.5, 0.6) is 0 Å². The zero-order valence-corrected chi connectivity index (χ0v) is 11.7. The van der Waals surface area contributed by atoms with Crippen molar-refractivity contribution in [2.24, 2.45) is 0 Å². The van der Waals surface area contributed by atoms with Crippen LogP contribution in [-0.2, 0) is 0 Å². The van der Waals surface area contributed by atoms with Gasteiger partial charge in [-0.3, -0.25) is 4.79 Å². The molecule has 0 aliphatic carbocycles. The number of hydrogen-bond donors (Lipinski definition) is 0. The summed E-state index contributed by atoms with van der Waals surface area (Å²) in [7, 11) is 0. The van der Waals surface area contributed by atoms with E-state index in [0.29, 0.717) is 0 Å². The average molecular weight is 286 g/mol. The summed E-state index contributed by atoms with van der Waals surface area (Å²) in [6.45, 7) is 1.76. The molecule has 0 heterocycles. The lowest BCUT2D eigenvalue weighted by Crippen LogP contribution is -2.28. The van der Waals surface area contributed by atoms with E-state index in [0.717, 1.165) is 11.1 Å². The van der Waals surface area contributed by atoms with Gasteiger partial charge >= 0.3 is 5.92 Å². The molecule has 2 rings (SSSR count). The van der Waals surface area contributed by atoms with Gasteiger partial charge in [-0.05, 0) is 18.1 Å². The van der Waals surface area contributed by atoms with Crippen LogP contribution in [0.3, 0.4) is 0 Å². The van der Waals surface area contributed by atoms with Crippen molar-refractivity contribution < 1.29 is 13.6 Å². The third kappa shape index (κ3) is 3.85. The van der Waals surface area contributed by atoms with Crippen molar-refractivity contribution in [1.82, 2.24) is 0 Å². The quantitative estimate of drug-likeness (QED) is 0.707. The van der Waals surface area contributed by atoms with Crippen LogP contribution in [-0.4, -0.2) is 11.7 Å². The summed E-state index contributed by atoms with van der Waals surface area (Å²) in [5, 5.41) is 0. The first kappa shape index (κ1) is 15.1. The van der Waals surface area contributed by atoms with Crippen LogP contribution in [0.15, 0.2) is 66.7 Å². The first-order valence-corrected chi connectivity index (χ1v) is 6.70. The van der Waals surface area contributed by atoms with E-state index < -0.39 is 18.1 Å². The van der Waals surface area contributed by atoms with Gasteiger partial charge in [0.1, 0.15) is 0 Å². The Kier molecular flexibility index (Phi) is 4.63. The number of benzene rings is 2. The van der Waals surface area contributed by atoms with Crippen molar-refractivity contribution in [3.05, 3.63) is 77.9 Å². The second-order valence-corrected chi connectivity index (χ2v) is 4.86. The summed E-state index contributed by atoms with van der Waals surface area (Å²) in [5.74, 6) is -4.53. The number of carbonyl (C=O) groups excluding carboxylic acids is 1. The molecule has 1 nitrogen and oxygen atoms in total. The maximum Gasteiger partial charge on any atom is 0.313 e. The molecular weight excluding hydrogens is 270 g/mol. The molecule has 2 aromatic rings. The number of hydrogen-bond acceptors (Lipinski definition) is 1. The van der Waals surface area contributed by atoms with Crippen LogP contribution in [0.1, 0.15) is 29.3 Å². The molecule has 0 aromatic heterocycles. The third-order valence-electron chi connectivity index (χ3n) is 3.26. The lowest BCUT2D eigenvalue weighted by Gasteiger charge is -2.13. The fraction of sp³-hybridized carbons (Fsp3) is 0.167. The molecule has 0 amide bonds. The van der Waals surface area contributed by atoms with Gasteiger partial charge in [-0.25, -0.2) is 0 Å². The number of alkyl halides is 2. The van der Waals surface area contributed by atoms with Gasteiger partial charge in [-0.2, -0.15) is 8.78 Å². The van der Waals surface area contributed by atoms with Crippen molar-refractivity contribution >= 4 is 11.4 Å². The second-order valence-electron chi connectivity index (χ2n) is 4.86. The minimum Gasteiger partial charge on any atom is -0.287 e. The molecule has 0 atom stereocenters. The highest BCUT2D eigenvalue weighted by Gasteiger charge is 2.37. The summed E-state index contributed by atoms with van der Waals surface area (Å²) < 4.78 is 28.0. The Morgan fingerprint density at radius 2 is 1.43 bits per heavy atom. The molecule has 3 heteroatoms. The van der Waals surface area contributed by atoms with Gasteiger partial charge in [0.25, 0.3) is 0 Å². The SMILES string of the molecule is CC(=CCC(F)(F)C(=O)c1ccccc1)c1ccccc1. The predicted molar refractivity (Wildman–Crippen MR) is 80.4 cm³/mol. The van der Waals surface area contributed by atoms with Crippen LogP contribution in [0.4, 0.5) is 8.78 Å². The molecule has 0 spiro atoms. The van der Waals surface area contributed by atoms with E-state index in [9.17, 15) is 13.6 Å². The van der Waals surface area contributed by atoms with Gasteiger partial charge in [-0.1, -0.05) is 66.7 Å². The lowest BCUT2D eigenvalue weighted by atomic mass is 10.00. The largest absolute Gasteiger partial charge is 0.313 e. The Morgan fingerprint density at radius 3 is 1.95 bits per heavy atom. The molecule has 0 N–H and O–H groups in total. The van der Waals surface area contributed by atoms with E-state index in [4.69, 9.17) is 0 Å². The molecular formula is C18H16F2O. The van der Waals surface area contributed by atoms with E-state index in [1.807, 2.05) is 30.3 Å². The normalized spacial score (nSPS) is 12.2. The number of allylic oxidation sites excluding steroid dienone is 2. The summed E-state index contributed by atoms with van der Waals surface area (Å²) in [6.07, 6.45) is 0.817. The Balaban J connectivity index is 2.13. The molecule has 2 aromatic carbocycles. The highest BCUT2D eigenvalue weighted by atomic mass is 19.3. The van der Waals surface area contributed by atoms with Crippen LogP contribution in [0.25, 0.3) is 5.57 Å². The fourth-order valence-corrected chi connectivity index (χ4v) is 1.99. The lowest BCUT2D eigenvalue weighted by molar-refractivity contribution is 0.0124. The minimum atomic E-state index is -3.39. The predicted octanol–water partition coefficient (Wildman–Crippen LogP) is 5.00. The van der Waals surface area contributed by atoms with E-state index in [1.54, 1.807) is 25.1 Å². The van der Waals surface area contributed by atoms with E-state index in [-0.39, 0.29) is 5.56 Å². The summed E-state index contributed by atoms with van der Waals surface area (Å²) in [6, 6.07) is 16.9. The van der Waals surface area contributed by atoms with Crippen LogP contribution in [0, 0.1) is 0 Å². The first-order valence-electron chi connectivity index (χ1n) is 6.70. The van der Waals surface area contributed by atoms with Crippen LogP contribution in [0.2, 0.25) is 0 Å². The molecule has 0 unspecified atom stereocenters. The molecule has 21 heavy (non-hydrogen) atoms. The van der Waals surface area contributed by atoms with Gasteiger partial charge in [0, 0.05) is 12.0 Å². The van der Waals surface area contributed by atoms with Gasteiger partial charge in [-0.15, -0.1) is 0 Å². The monoisotopic (exact) mass is 286 g/mol. The molecule has 0 saturated carbocycles. The van der Waals surface area contributed by atoms with Crippen molar-refractivity contribution in [3.8, 4) is 0 Å². The van der Waals surface area contributed by atoms with Gasteiger partial charge < -0.3 is 0 Å². The molecule has 0 aliphatic heterocycles. The minimum absolute atomic E-state index is 0.0354. The third-order valence-corrected chi connectivity index (χ3v) is 3.26. The Labute approximate surface area is 122 Å². The smallest absolute Gasteiger partial charge is 0.287 e. The van der Waals surface area contributed by atoms with E-state index in [1.165, 1.54) is 18.2 Å². The second kappa shape index (κ2) is 6.44. The van der Waals surface area contributed by atoms with Crippen LogP contribution < -0.4 is 0 Å². The molecule has 108 valence electrons. The van der Waals surface area contributed by atoms with Gasteiger partial charge in [0.05, 0.1) is 0 Å². The van der Waals surface area contributed by atoms with Gasteiger partial charge in [0.15, 0.2) is 0 Å². The summed E-state index contributed by atoms with van der Waals surface area (Å²) >= 11 is 0. The van der Waals surface area contributed by atoms with Crippen molar-refractivity contribution in [2.75, 3.05) is 0 Å². The first-order chi connectivity index (χ1) is 10.0. The summed E-state index contributed by atoms with van der Waals surface area (Å²) in [5.41, 5.74) is 1.64. The number of ketones is 1. The van der Waals surface area contributed by atoms with Crippen molar-refractivity contribution in [1.29, 1.82) is 0 Å². The highest BCUT2D eigenvalue weighted by Crippen LogP contribution is 2.26. The summed E-state index contributed by atoms with van der Waals surface area (Å²) in [4.78, 5) is 11.8. The van der Waals surface area contributed by atoms with Gasteiger partial charge in [0.2, 0.25) is 5.78 Å². The maximum absolute atomic E-state index is 14.0. The molecule has 0 saturated heterocycles. The van der Waals surface area contributed by atoms with Crippen LogP contribution >= 0.6 is 0 Å². The average Bonchev–Trinajstić information content (AvgIpc) is 2.53. The Hall–Kier alpha value is -2.29. The zero-order valence-electron chi connectivity index (χ0n) is 11.7. The fourth-order valence-electron chi connectivity index (χ4n) is 1.99. The Morgan fingerprint density at radius 1 is 0.952 bits per heavy atom.